The van der Waals surface area contributed by atoms with Gasteiger partial charge in [-0.15, -0.1) is 0 Å². The zero-order valence-corrected chi connectivity index (χ0v) is 16.1. The third kappa shape index (κ3) is 3.27. The maximum atomic E-state index is 13.2. The Balaban J connectivity index is 1.80. The first-order valence-corrected chi connectivity index (χ1v) is 9.13. The van der Waals surface area contributed by atoms with Crippen LogP contribution in [0, 0.1) is 13.8 Å². The highest BCUT2D eigenvalue weighted by molar-refractivity contribution is 6.15. The van der Waals surface area contributed by atoms with Crippen LogP contribution in [0.3, 0.4) is 0 Å². The van der Waals surface area contributed by atoms with E-state index in [2.05, 4.69) is 20.2 Å². The van der Waals surface area contributed by atoms with Crippen LogP contribution in [0.5, 0.6) is 5.75 Å². The van der Waals surface area contributed by atoms with Crippen LogP contribution in [0.25, 0.3) is 11.1 Å². The number of nitrogens with one attached hydrogen (secondary N) is 1. The predicted molar refractivity (Wildman–Crippen MR) is 105 cm³/mol. The molecule has 1 aliphatic rings. The van der Waals surface area contributed by atoms with Crippen molar-refractivity contribution in [1.82, 2.24) is 9.97 Å². The molecular formula is C20H22N4O4. The molecule has 0 spiro atoms. The van der Waals surface area contributed by atoms with Crippen molar-refractivity contribution in [2.45, 2.75) is 13.8 Å². The standard InChI is InChI=1S/C20H22N4O4/c1-12-16(19(25)23-14-6-4-5-7-15(14)26-3)17-18(24-8-10-27-11-9-24)21-13(2)22-20(17)28-12/h4-7H,8-11H2,1-3H3,(H,23,25). The SMILES string of the molecule is COc1ccccc1NC(=O)c1c(C)oc2nc(C)nc(N3CCOCC3)c12. The van der Waals surface area contributed by atoms with Crippen molar-refractivity contribution in [1.29, 1.82) is 0 Å². The van der Waals surface area contributed by atoms with Gasteiger partial charge in [-0.3, -0.25) is 4.79 Å². The van der Waals surface area contributed by atoms with Crippen molar-refractivity contribution in [2.75, 3.05) is 43.6 Å². The number of furan rings is 1. The molecule has 0 atom stereocenters. The Kier molecular flexibility index (Phi) is 4.87. The maximum Gasteiger partial charge on any atom is 0.260 e. The summed E-state index contributed by atoms with van der Waals surface area (Å²) >= 11 is 0. The fourth-order valence-corrected chi connectivity index (χ4v) is 3.41. The van der Waals surface area contributed by atoms with Gasteiger partial charge in [-0.2, -0.15) is 4.98 Å². The number of morpholine rings is 1. The van der Waals surface area contributed by atoms with Gasteiger partial charge in [-0.05, 0) is 26.0 Å². The molecule has 2 aromatic heterocycles. The van der Waals surface area contributed by atoms with Crippen LogP contribution in [0.2, 0.25) is 0 Å². The van der Waals surface area contributed by atoms with E-state index in [1.54, 1.807) is 26.2 Å². The summed E-state index contributed by atoms with van der Waals surface area (Å²) in [6.45, 7) is 6.20. The monoisotopic (exact) mass is 382 g/mol. The number of ether oxygens (including phenoxy) is 2. The van der Waals surface area contributed by atoms with Crippen LogP contribution < -0.4 is 15.0 Å². The van der Waals surface area contributed by atoms with Gasteiger partial charge in [0.2, 0.25) is 5.71 Å². The molecule has 8 heteroatoms. The van der Waals surface area contributed by atoms with Gasteiger partial charge in [0.25, 0.3) is 5.91 Å². The van der Waals surface area contributed by atoms with Gasteiger partial charge in [0.1, 0.15) is 23.2 Å². The highest BCUT2D eigenvalue weighted by atomic mass is 16.5. The molecule has 3 heterocycles. The van der Waals surface area contributed by atoms with Crippen molar-refractivity contribution in [3.05, 3.63) is 41.4 Å². The lowest BCUT2D eigenvalue weighted by Crippen LogP contribution is -2.37. The molecule has 0 bridgehead atoms. The summed E-state index contributed by atoms with van der Waals surface area (Å²) < 4.78 is 16.6. The Morgan fingerprint density at radius 3 is 2.68 bits per heavy atom. The minimum atomic E-state index is -0.289. The van der Waals surface area contributed by atoms with Gasteiger partial charge in [-0.25, -0.2) is 4.98 Å². The molecule has 4 rings (SSSR count). The van der Waals surface area contributed by atoms with Crippen LogP contribution in [0.1, 0.15) is 21.9 Å². The minimum absolute atomic E-state index is 0.289. The minimum Gasteiger partial charge on any atom is -0.495 e. The Bertz CT molecular complexity index is 1020. The number of amides is 1. The van der Waals surface area contributed by atoms with Crippen LogP contribution in [-0.2, 0) is 4.74 Å². The number of benzene rings is 1. The van der Waals surface area contributed by atoms with Crippen molar-refractivity contribution in [2.24, 2.45) is 0 Å². The van der Waals surface area contributed by atoms with Gasteiger partial charge in [0.05, 0.1) is 37.0 Å². The van der Waals surface area contributed by atoms with Crippen molar-refractivity contribution in [3.8, 4) is 5.75 Å². The molecule has 0 aliphatic carbocycles. The maximum absolute atomic E-state index is 13.2. The Labute approximate surface area is 162 Å². The largest absolute Gasteiger partial charge is 0.495 e. The van der Waals surface area contributed by atoms with Crippen LogP contribution in [-0.4, -0.2) is 49.3 Å². The van der Waals surface area contributed by atoms with Gasteiger partial charge in [0.15, 0.2) is 0 Å². The first kappa shape index (κ1) is 18.2. The van der Waals surface area contributed by atoms with E-state index in [1.807, 2.05) is 19.1 Å². The number of anilines is 2. The van der Waals surface area contributed by atoms with E-state index < -0.39 is 0 Å². The molecule has 0 saturated carbocycles. The van der Waals surface area contributed by atoms with E-state index in [9.17, 15) is 4.79 Å². The van der Waals surface area contributed by atoms with Gasteiger partial charge >= 0.3 is 0 Å². The molecule has 1 amide bonds. The summed E-state index contributed by atoms with van der Waals surface area (Å²) in [7, 11) is 1.57. The molecule has 1 fully saturated rings. The molecule has 0 radical (unpaired) electrons. The first-order valence-electron chi connectivity index (χ1n) is 9.13. The summed E-state index contributed by atoms with van der Waals surface area (Å²) in [6, 6.07) is 7.27. The fraction of sp³-hybridized carbons (Fsp3) is 0.350. The summed E-state index contributed by atoms with van der Waals surface area (Å²) in [6.07, 6.45) is 0. The number of carbonyl (C=O) groups excluding carboxylic acids is 1. The topological polar surface area (TPSA) is 89.7 Å². The summed E-state index contributed by atoms with van der Waals surface area (Å²) in [4.78, 5) is 24.3. The van der Waals surface area contributed by atoms with E-state index in [-0.39, 0.29) is 5.91 Å². The van der Waals surface area contributed by atoms with Crippen LogP contribution >= 0.6 is 0 Å². The van der Waals surface area contributed by atoms with Crippen molar-refractivity contribution in [3.63, 3.8) is 0 Å². The average Bonchev–Trinajstić information content (AvgIpc) is 3.04. The molecule has 146 valence electrons. The number of hydrogen-bond acceptors (Lipinski definition) is 7. The second kappa shape index (κ2) is 7.47. The lowest BCUT2D eigenvalue weighted by molar-refractivity contribution is 0.102. The molecule has 1 aliphatic heterocycles. The number of aromatic nitrogens is 2. The number of carbonyl (C=O) groups is 1. The number of methoxy groups -OCH3 is 1. The molecule has 28 heavy (non-hydrogen) atoms. The lowest BCUT2D eigenvalue weighted by atomic mass is 10.1. The Morgan fingerprint density at radius 2 is 1.93 bits per heavy atom. The summed E-state index contributed by atoms with van der Waals surface area (Å²) in [5.74, 6) is 2.09. The summed E-state index contributed by atoms with van der Waals surface area (Å²) in [5, 5.41) is 3.54. The number of aryl methyl sites for hydroxylation is 2. The van der Waals surface area contributed by atoms with E-state index >= 15 is 0 Å². The lowest BCUT2D eigenvalue weighted by Gasteiger charge is -2.28. The van der Waals surface area contributed by atoms with Crippen molar-refractivity contribution >= 4 is 28.5 Å². The van der Waals surface area contributed by atoms with Gasteiger partial charge in [0, 0.05) is 13.1 Å². The number of nitrogens with zero attached hydrogens (tertiary/aromatic N) is 3. The number of hydrogen-bond donors (Lipinski definition) is 1. The van der Waals surface area contributed by atoms with Crippen molar-refractivity contribution < 1.29 is 18.7 Å². The quantitative estimate of drug-likeness (QED) is 0.742. The third-order valence-electron chi connectivity index (χ3n) is 4.71. The van der Waals surface area contributed by atoms with E-state index in [0.717, 1.165) is 0 Å². The molecular weight excluding hydrogens is 360 g/mol. The van der Waals surface area contributed by atoms with E-state index in [1.165, 1.54) is 0 Å². The molecule has 1 N–H and O–H groups in total. The van der Waals surface area contributed by atoms with Gasteiger partial charge in [-0.1, -0.05) is 12.1 Å². The first-order chi connectivity index (χ1) is 13.6. The van der Waals surface area contributed by atoms with Gasteiger partial charge < -0.3 is 24.1 Å². The fourth-order valence-electron chi connectivity index (χ4n) is 3.41. The zero-order chi connectivity index (χ0) is 19.7. The molecule has 1 aromatic carbocycles. The predicted octanol–water partition coefficient (Wildman–Crippen LogP) is 2.94. The molecule has 3 aromatic rings. The third-order valence-corrected chi connectivity index (χ3v) is 4.71. The number of rotatable bonds is 4. The normalized spacial score (nSPS) is 14.3. The number of fused-ring (bicyclic) bond motifs is 1. The van der Waals surface area contributed by atoms with E-state index in [0.29, 0.717) is 71.8 Å². The van der Waals surface area contributed by atoms with E-state index in [4.69, 9.17) is 13.9 Å². The highest BCUT2D eigenvalue weighted by Gasteiger charge is 2.27. The average molecular weight is 382 g/mol. The zero-order valence-electron chi connectivity index (χ0n) is 16.1. The van der Waals surface area contributed by atoms with Crippen LogP contribution in [0.4, 0.5) is 11.5 Å². The second-order valence-corrected chi connectivity index (χ2v) is 6.56. The Hall–Kier alpha value is -3.13. The summed E-state index contributed by atoms with van der Waals surface area (Å²) in [5.41, 5.74) is 1.43. The highest BCUT2D eigenvalue weighted by Crippen LogP contribution is 2.33. The molecule has 1 saturated heterocycles. The molecule has 0 unspecified atom stereocenters. The smallest absolute Gasteiger partial charge is 0.260 e. The number of para-hydroxylation sites is 2. The van der Waals surface area contributed by atoms with Crippen LogP contribution in [0.15, 0.2) is 28.7 Å². The second-order valence-electron chi connectivity index (χ2n) is 6.56. The Morgan fingerprint density at radius 1 is 1.18 bits per heavy atom. The molecule has 8 nitrogen and oxygen atoms in total.